The first-order valence-corrected chi connectivity index (χ1v) is 7.94. The number of rotatable bonds is 5. The van der Waals surface area contributed by atoms with Gasteiger partial charge in [-0.25, -0.2) is 0 Å². The third kappa shape index (κ3) is 2.89. The molecule has 0 amide bonds. The molecule has 1 aromatic rings. The highest BCUT2D eigenvalue weighted by atomic mass is 32.2. The van der Waals surface area contributed by atoms with Crippen molar-refractivity contribution in [2.75, 3.05) is 12.3 Å². The van der Waals surface area contributed by atoms with E-state index in [2.05, 4.69) is 48.9 Å². The first-order chi connectivity index (χ1) is 8.67. The van der Waals surface area contributed by atoms with E-state index in [1.165, 1.54) is 36.1 Å². The van der Waals surface area contributed by atoms with Crippen LogP contribution in [0.15, 0.2) is 18.5 Å². The van der Waals surface area contributed by atoms with E-state index in [-0.39, 0.29) is 0 Å². The van der Waals surface area contributed by atoms with E-state index >= 15 is 0 Å². The summed E-state index contributed by atoms with van der Waals surface area (Å²) < 4.78 is 0.322. The van der Waals surface area contributed by atoms with Gasteiger partial charge < -0.3 is 5.32 Å². The summed E-state index contributed by atoms with van der Waals surface area (Å²) in [4.78, 5) is 4.33. The van der Waals surface area contributed by atoms with Crippen molar-refractivity contribution in [3.8, 4) is 0 Å². The molecule has 2 rings (SSSR count). The first kappa shape index (κ1) is 13.9. The van der Waals surface area contributed by atoms with Crippen molar-refractivity contribution in [1.29, 1.82) is 0 Å². The van der Waals surface area contributed by atoms with Gasteiger partial charge in [-0.1, -0.05) is 6.92 Å². The van der Waals surface area contributed by atoms with Crippen molar-refractivity contribution in [3.05, 3.63) is 29.6 Å². The quantitative estimate of drug-likeness (QED) is 0.877. The molecule has 1 fully saturated rings. The molecule has 1 aromatic heterocycles. The Balaban J connectivity index is 2.27. The maximum Gasteiger partial charge on any atom is 0.0484 e. The summed E-state index contributed by atoms with van der Waals surface area (Å²) in [6.07, 6.45) is 7.75. The van der Waals surface area contributed by atoms with Crippen LogP contribution in [-0.4, -0.2) is 22.0 Å². The van der Waals surface area contributed by atoms with Gasteiger partial charge in [-0.3, -0.25) is 4.98 Å². The van der Waals surface area contributed by atoms with Crippen LogP contribution in [0.3, 0.4) is 0 Å². The van der Waals surface area contributed by atoms with Crippen LogP contribution in [0.2, 0.25) is 0 Å². The van der Waals surface area contributed by atoms with Gasteiger partial charge in [0.25, 0.3) is 0 Å². The zero-order chi connectivity index (χ0) is 13.0. The standard InChI is InChI=1S/C15H24N2S/c1-4-8-17-14(15(3)7-5-10-18-15)13-11-16-9-6-12(13)2/h6,9,11,14,17H,4-5,7-8,10H2,1-3H3. The van der Waals surface area contributed by atoms with Gasteiger partial charge in [0.05, 0.1) is 0 Å². The number of nitrogens with one attached hydrogen (secondary N) is 1. The maximum atomic E-state index is 4.33. The molecule has 2 heterocycles. The number of hydrogen-bond acceptors (Lipinski definition) is 3. The van der Waals surface area contributed by atoms with Crippen molar-refractivity contribution in [2.24, 2.45) is 0 Å². The summed E-state index contributed by atoms with van der Waals surface area (Å²) >= 11 is 2.12. The Labute approximate surface area is 115 Å². The molecule has 0 saturated carbocycles. The second-order valence-corrected chi connectivity index (χ2v) is 7.01. The highest BCUT2D eigenvalue weighted by Crippen LogP contribution is 2.46. The lowest BCUT2D eigenvalue weighted by atomic mass is 9.89. The molecule has 2 nitrogen and oxygen atoms in total. The van der Waals surface area contributed by atoms with Gasteiger partial charge in [-0.05, 0) is 62.6 Å². The summed E-state index contributed by atoms with van der Waals surface area (Å²) in [7, 11) is 0. The summed E-state index contributed by atoms with van der Waals surface area (Å²) in [6.45, 7) is 7.91. The van der Waals surface area contributed by atoms with Gasteiger partial charge in [0, 0.05) is 23.2 Å². The fourth-order valence-corrected chi connectivity index (χ4v) is 4.17. The van der Waals surface area contributed by atoms with Crippen molar-refractivity contribution in [1.82, 2.24) is 10.3 Å². The van der Waals surface area contributed by atoms with E-state index in [0.717, 1.165) is 6.54 Å². The monoisotopic (exact) mass is 264 g/mol. The van der Waals surface area contributed by atoms with Crippen LogP contribution in [0.25, 0.3) is 0 Å². The van der Waals surface area contributed by atoms with Gasteiger partial charge in [0.15, 0.2) is 0 Å². The highest BCUT2D eigenvalue weighted by Gasteiger charge is 2.39. The Morgan fingerprint density at radius 1 is 1.56 bits per heavy atom. The molecule has 2 unspecified atom stereocenters. The molecule has 1 aliphatic rings. The van der Waals surface area contributed by atoms with Crippen LogP contribution in [0.5, 0.6) is 0 Å². The van der Waals surface area contributed by atoms with Crippen LogP contribution in [0.4, 0.5) is 0 Å². The van der Waals surface area contributed by atoms with E-state index in [9.17, 15) is 0 Å². The normalized spacial score (nSPS) is 25.3. The van der Waals surface area contributed by atoms with Gasteiger partial charge >= 0.3 is 0 Å². The molecule has 18 heavy (non-hydrogen) atoms. The Hall–Kier alpha value is -0.540. The molecule has 0 aliphatic carbocycles. The summed E-state index contributed by atoms with van der Waals surface area (Å²) in [5, 5.41) is 3.75. The second kappa shape index (κ2) is 6.07. The topological polar surface area (TPSA) is 24.9 Å². The van der Waals surface area contributed by atoms with Crippen LogP contribution in [0, 0.1) is 6.92 Å². The number of pyridine rings is 1. The highest BCUT2D eigenvalue weighted by molar-refractivity contribution is 8.00. The SMILES string of the molecule is CCCNC(c1cnccc1C)C1(C)CCCS1. The lowest BCUT2D eigenvalue weighted by molar-refractivity contribution is 0.411. The number of hydrogen-bond donors (Lipinski definition) is 1. The molecular weight excluding hydrogens is 240 g/mol. The van der Waals surface area contributed by atoms with Gasteiger partial charge in [0.2, 0.25) is 0 Å². The predicted molar refractivity (Wildman–Crippen MR) is 80.1 cm³/mol. The Bertz CT molecular complexity index is 386. The van der Waals surface area contributed by atoms with Gasteiger partial charge in [-0.15, -0.1) is 0 Å². The summed E-state index contributed by atoms with van der Waals surface area (Å²) in [5.74, 6) is 1.29. The minimum absolute atomic E-state index is 0.322. The Kier molecular flexibility index (Phi) is 4.68. The molecular formula is C15H24N2S. The third-order valence-corrected chi connectivity index (χ3v) is 5.44. The molecule has 0 aromatic carbocycles. The molecule has 1 aliphatic heterocycles. The summed E-state index contributed by atoms with van der Waals surface area (Å²) in [5.41, 5.74) is 2.73. The van der Waals surface area contributed by atoms with Gasteiger partial charge in [-0.2, -0.15) is 11.8 Å². The largest absolute Gasteiger partial charge is 0.309 e. The van der Waals surface area contributed by atoms with E-state index in [4.69, 9.17) is 0 Å². The average molecular weight is 264 g/mol. The zero-order valence-electron chi connectivity index (χ0n) is 11.7. The lowest BCUT2D eigenvalue weighted by Crippen LogP contribution is -2.38. The van der Waals surface area contributed by atoms with Crippen molar-refractivity contribution in [3.63, 3.8) is 0 Å². The van der Waals surface area contributed by atoms with Crippen LogP contribution in [-0.2, 0) is 0 Å². The maximum absolute atomic E-state index is 4.33. The molecule has 3 heteroatoms. The fraction of sp³-hybridized carbons (Fsp3) is 0.667. The van der Waals surface area contributed by atoms with Crippen molar-refractivity contribution < 1.29 is 0 Å². The number of aryl methyl sites for hydroxylation is 1. The average Bonchev–Trinajstić information content (AvgIpc) is 2.80. The number of thioether (sulfide) groups is 1. The number of nitrogens with zero attached hydrogens (tertiary/aromatic N) is 1. The number of aromatic nitrogens is 1. The lowest BCUT2D eigenvalue weighted by Gasteiger charge is -2.35. The minimum Gasteiger partial charge on any atom is -0.309 e. The zero-order valence-corrected chi connectivity index (χ0v) is 12.5. The summed E-state index contributed by atoms with van der Waals surface area (Å²) in [6, 6.07) is 2.55. The van der Waals surface area contributed by atoms with Crippen LogP contribution in [0.1, 0.15) is 50.3 Å². The predicted octanol–water partition coefficient (Wildman–Crippen LogP) is 3.72. The molecule has 1 N–H and O–H groups in total. The van der Waals surface area contributed by atoms with Crippen molar-refractivity contribution in [2.45, 2.75) is 50.8 Å². The Morgan fingerprint density at radius 2 is 2.39 bits per heavy atom. The minimum atomic E-state index is 0.322. The molecule has 0 bridgehead atoms. The Morgan fingerprint density at radius 3 is 3.00 bits per heavy atom. The molecule has 100 valence electrons. The smallest absolute Gasteiger partial charge is 0.0484 e. The van der Waals surface area contributed by atoms with E-state index in [0.29, 0.717) is 10.8 Å². The van der Waals surface area contributed by atoms with Crippen molar-refractivity contribution >= 4 is 11.8 Å². The van der Waals surface area contributed by atoms with Crippen LogP contribution >= 0.6 is 11.8 Å². The third-order valence-electron chi connectivity index (χ3n) is 3.85. The molecule has 0 radical (unpaired) electrons. The first-order valence-electron chi connectivity index (χ1n) is 6.95. The van der Waals surface area contributed by atoms with E-state index in [1.807, 2.05) is 12.4 Å². The van der Waals surface area contributed by atoms with E-state index in [1.54, 1.807) is 0 Å². The molecule has 1 saturated heterocycles. The molecule has 0 spiro atoms. The fourth-order valence-electron chi connectivity index (χ4n) is 2.75. The second-order valence-electron chi connectivity index (χ2n) is 5.38. The van der Waals surface area contributed by atoms with E-state index < -0.39 is 0 Å². The molecule has 2 atom stereocenters. The van der Waals surface area contributed by atoms with Crippen LogP contribution < -0.4 is 5.32 Å². The van der Waals surface area contributed by atoms with Gasteiger partial charge in [0.1, 0.15) is 0 Å².